The van der Waals surface area contributed by atoms with Crippen molar-refractivity contribution in [3.8, 4) is 11.1 Å². The average Bonchev–Trinajstić information content (AvgIpc) is 3.24. The Morgan fingerprint density at radius 2 is 1.76 bits per heavy atom. The van der Waals surface area contributed by atoms with E-state index in [0.717, 1.165) is 5.56 Å². The predicted molar refractivity (Wildman–Crippen MR) is 124 cm³/mol. The maximum absolute atomic E-state index is 13.4. The Morgan fingerprint density at radius 1 is 1.09 bits per heavy atom. The summed E-state index contributed by atoms with van der Waals surface area (Å²) in [6.07, 6.45) is -0.851. The van der Waals surface area contributed by atoms with E-state index in [9.17, 15) is 14.4 Å². The monoisotopic (exact) mass is 445 g/mol. The van der Waals surface area contributed by atoms with Crippen LogP contribution in [0.2, 0.25) is 0 Å². The van der Waals surface area contributed by atoms with Crippen LogP contribution in [-0.2, 0) is 16.6 Å². The standard InChI is InChI=1S/C25H23N3O5/c1-4-19(23(29)26-20-14-15(2)33-27-20)32-25(31)22-21(16-10-6-5-7-11-16)17-12-8-9-13-18(17)24(30)28(22)3/h5-14,19H,4H2,1-3H3,(H,26,27,29). The van der Waals surface area contributed by atoms with Crippen LogP contribution in [-0.4, -0.2) is 27.7 Å². The summed E-state index contributed by atoms with van der Waals surface area (Å²) >= 11 is 0. The maximum Gasteiger partial charge on any atom is 0.356 e. The molecule has 0 fully saturated rings. The molecule has 168 valence electrons. The van der Waals surface area contributed by atoms with Gasteiger partial charge in [0.15, 0.2) is 11.9 Å². The zero-order valence-corrected chi connectivity index (χ0v) is 18.5. The van der Waals surface area contributed by atoms with E-state index < -0.39 is 18.0 Å². The topological polar surface area (TPSA) is 103 Å². The molecule has 2 aromatic heterocycles. The van der Waals surface area contributed by atoms with Gasteiger partial charge in [0.2, 0.25) is 0 Å². The zero-order chi connectivity index (χ0) is 23.5. The first-order valence-electron chi connectivity index (χ1n) is 10.5. The smallest absolute Gasteiger partial charge is 0.356 e. The highest BCUT2D eigenvalue weighted by Crippen LogP contribution is 2.31. The normalized spacial score (nSPS) is 11.8. The van der Waals surface area contributed by atoms with Crippen molar-refractivity contribution < 1.29 is 18.8 Å². The Labute approximate surface area is 189 Å². The lowest BCUT2D eigenvalue weighted by Gasteiger charge is -2.19. The highest BCUT2D eigenvalue weighted by molar-refractivity contribution is 6.07. The van der Waals surface area contributed by atoms with Gasteiger partial charge in [0.25, 0.3) is 11.5 Å². The molecular weight excluding hydrogens is 422 g/mol. The Kier molecular flexibility index (Phi) is 6.08. The number of aromatic nitrogens is 2. The van der Waals surface area contributed by atoms with Crippen molar-refractivity contribution in [3.05, 3.63) is 82.5 Å². The number of hydrogen-bond donors (Lipinski definition) is 1. The van der Waals surface area contributed by atoms with E-state index in [2.05, 4.69) is 10.5 Å². The van der Waals surface area contributed by atoms with Crippen LogP contribution in [0.15, 0.2) is 70.0 Å². The summed E-state index contributed by atoms with van der Waals surface area (Å²) in [4.78, 5) is 39.1. The molecule has 1 amide bonds. The second kappa shape index (κ2) is 9.12. The Hall–Kier alpha value is -4.20. The van der Waals surface area contributed by atoms with Gasteiger partial charge >= 0.3 is 5.97 Å². The molecule has 33 heavy (non-hydrogen) atoms. The van der Waals surface area contributed by atoms with Crippen LogP contribution in [0.4, 0.5) is 5.82 Å². The number of fused-ring (bicyclic) bond motifs is 1. The minimum absolute atomic E-state index is 0.0773. The van der Waals surface area contributed by atoms with Crippen molar-refractivity contribution in [1.29, 1.82) is 0 Å². The van der Waals surface area contributed by atoms with Gasteiger partial charge in [-0.05, 0) is 30.4 Å². The molecule has 0 aliphatic carbocycles. The first kappa shape index (κ1) is 22.0. The number of amides is 1. The summed E-state index contributed by atoms with van der Waals surface area (Å²) in [6, 6.07) is 18.0. The lowest BCUT2D eigenvalue weighted by atomic mass is 9.97. The van der Waals surface area contributed by atoms with Gasteiger partial charge in [-0.25, -0.2) is 4.79 Å². The van der Waals surface area contributed by atoms with Crippen molar-refractivity contribution in [2.45, 2.75) is 26.4 Å². The fourth-order valence-corrected chi connectivity index (χ4v) is 3.74. The fraction of sp³-hybridized carbons (Fsp3) is 0.200. The molecule has 0 saturated heterocycles. The van der Waals surface area contributed by atoms with Gasteiger partial charge in [0.1, 0.15) is 11.5 Å². The highest BCUT2D eigenvalue weighted by Gasteiger charge is 2.28. The molecule has 0 aliphatic rings. The van der Waals surface area contributed by atoms with Crippen LogP contribution in [0.25, 0.3) is 21.9 Å². The average molecular weight is 445 g/mol. The van der Waals surface area contributed by atoms with E-state index in [1.54, 1.807) is 38.1 Å². The van der Waals surface area contributed by atoms with Crippen LogP contribution in [0.3, 0.4) is 0 Å². The number of rotatable bonds is 6. The van der Waals surface area contributed by atoms with Crippen molar-refractivity contribution in [2.24, 2.45) is 7.05 Å². The van der Waals surface area contributed by atoms with E-state index >= 15 is 0 Å². The largest absolute Gasteiger partial charge is 0.448 e. The van der Waals surface area contributed by atoms with E-state index in [0.29, 0.717) is 22.1 Å². The first-order valence-corrected chi connectivity index (χ1v) is 10.5. The summed E-state index contributed by atoms with van der Waals surface area (Å²) in [5.74, 6) is -0.534. The molecule has 1 unspecified atom stereocenters. The molecule has 4 rings (SSSR count). The van der Waals surface area contributed by atoms with E-state index in [4.69, 9.17) is 9.26 Å². The lowest BCUT2D eigenvalue weighted by Crippen LogP contribution is -2.34. The quantitative estimate of drug-likeness (QED) is 0.449. The number of anilines is 1. The number of nitrogens with zero attached hydrogens (tertiary/aromatic N) is 2. The molecule has 2 aromatic carbocycles. The number of aryl methyl sites for hydroxylation is 1. The second-order valence-corrected chi connectivity index (χ2v) is 7.61. The van der Waals surface area contributed by atoms with E-state index in [-0.39, 0.29) is 23.5 Å². The van der Waals surface area contributed by atoms with Crippen molar-refractivity contribution >= 4 is 28.5 Å². The van der Waals surface area contributed by atoms with Gasteiger partial charge in [-0.3, -0.25) is 9.59 Å². The molecule has 1 N–H and O–H groups in total. The number of pyridine rings is 1. The van der Waals surface area contributed by atoms with Gasteiger partial charge in [-0.2, -0.15) is 0 Å². The summed E-state index contributed by atoms with van der Waals surface area (Å²) in [5, 5.41) is 7.43. The molecule has 0 spiro atoms. The van der Waals surface area contributed by atoms with Gasteiger partial charge in [0, 0.05) is 24.1 Å². The first-order chi connectivity index (χ1) is 15.9. The zero-order valence-electron chi connectivity index (χ0n) is 18.5. The van der Waals surface area contributed by atoms with Crippen LogP contribution in [0.1, 0.15) is 29.6 Å². The van der Waals surface area contributed by atoms with Crippen molar-refractivity contribution in [2.75, 3.05) is 5.32 Å². The maximum atomic E-state index is 13.4. The molecule has 1 atom stereocenters. The molecule has 0 saturated carbocycles. The predicted octanol–water partition coefficient (Wildman–Crippen LogP) is 4.08. The number of ether oxygens (including phenoxy) is 1. The van der Waals surface area contributed by atoms with Gasteiger partial charge < -0.3 is 19.1 Å². The molecule has 2 heterocycles. The van der Waals surface area contributed by atoms with E-state index in [1.165, 1.54) is 11.6 Å². The Bertz CT molecular complexity index is 1390. The minimum Gasteiger partial charge on any atom is -0.448 e. The molecule has 8 nitrogen and oxygen atoms in total. The number of carbonyl (C=O) groups is 2. The molecule has 0 bridgehead atoms. The van der Waals surface area contributed by atoms with E-state index in [1.807, 2.05) is 36.4 Å². The van der Waals surface area contributed by atoms with Crippen LogP contribution >= 0.6 is 0 Å². The number of nitrogens with one attached hydrogen (secondary N) is 1. The molecule has 0 aliphatic heterocycles. The third-order valence-electron chi connectivity index (χ3n) is 5.35. The highest BCUT2D eigenvalue weighted by atomic mass is 16.5. The third kappa shape index (κ3) is 4.27. The number of hydrogen-bond acceptors (Lipinski definition) is 6. The van der Waals surface area contributed by atoms with Crippen LogP contribution < -0.4 is 10.9 Å². The van der Waals surface area contributed by atoms with Crippen molar-refractivity contribution in [3.63, 3.8) is 0 Å². The summed E-state index contributed by atoms with van der Waals surface area (Å²) in [6.45, 7) is 3.43. The third-order valence-corrected chi connectivity index (χ3v) is 5.35. The van der Waals surface area contributed by atoms with Crippen LogP contribution in [0.5, 0.6) is 0 Å². The summed E-state index contributed by atoms with van der Waals surface area (Å²) < 4.78 is 11.8. The van der Waals surface area contributed by atoms with Crippen molar-refractivity contribution in [1.82, 2.24) is 9.72 Å². The van der Waals surface area contributed by atoms with Gasteiger partial charge in [-0.1, -0.05) is 60.6 Å². The fourth-order valence-electron chi connectivity index (χ4n) is 3.74. The van der Waals surface area contributed by atoms with Gasteiger partial charge in [0.05, 0.1) is 0 Å². The number of benzene rings is 2. The van der Waals surface area contributed by atoms with Gasteiger partial charge in [-0.15, -0.1) is 0 Å². The lowest BCUT2D eigenvalue weighted by molar-refractivity contribution is -0.124. The molecular formula is C25H23N3O5. The summed E-state index contributed by atoms with van der Waals surface area (Å²) in [5.41, 5.74) is 1.08. The van der Waals surface area contributed by atoms with Crippen LogP contribution in [0, 0.1) is 6.92 Å². The Morgan fingerprint density at radius 3 is 2.39 bits per heavy atom. The molecule has 8 heteroatoms. The number of carbonyl (C=O) groups excluding carboxylic acids is 2. The summed E-state index contributed by atoms with van der Waals surface area (Å²) in [7, 11) is 1.52. The number of esters is 1. The SMILES string of the molecule is CCC(OC(=O)c1c(-c2ccccc2)c2ccccc2c(=O)n1C)C(=O)Nc1cc(C)on1. The Balaban J connectivity index is 1.76. The molecule has 4 aromatic rings. The minimum atomic E-state index is -1.08. The second-order valence-electron chi connectivity index (χ2n) is 7.61. The molecule has 0 radical (unpaired) electrons.